The van der Waals surface area contributed by atoms with E-state index in [1.165, 1.54) is 19.4 Å². The minimum atomic E-state index is 0.408. The zero-order valence-corrected chi connectivity index (χ0v) is 13.6. The number of ether oxygens (including phenoxy) is 1. The first-order valence-electron chi connectivity index (χ1n) is 8.13. The number of nitrogens with zero attached hydrogens (tertiary/aromatic N) is 4. The van der Waals surface area contributed by atoms with Crippen molar-refractivity contribution in [2.24, 2.45) is 0 Å². The molecule has 0 radical (unpaired) electrons. The molecule has 120 valence electrons. The zero-order chi connectivity index (χ0) is 15.1. The standard InChI is InChI=1S/C15H29N5O/c1-4-21-15-6-5-7-19(12-15)8-9-20-11-14(17-18-20)10-16-13(2)3/h11,13,15-16H,4-10,12H2,1-3H3. The van der Waals surface area contributed by atoms with E-state index in [-0.39, 0.29) is 0 Å². The molecule has 1 atom stereocenters. The molecule has 0 aromatic carbocycles. The lowest BCUT2D eigenvalue weighted by Crippen LogP contribution is -2.41. The first-order chi connectivity index (χ1) is 10.2. The van der Waals surface area contributed by atoms with E-state index in [0.717, 1.165) is 38.5 Å². The molecule has 0 spiro atoms. The number of rotatable bonds is 8. The summed E-state index contributed by atoms with van der Waals surface area (Å²) >= 11 is 0. The normalized spacial score (nSPS) is 20.3. The molecule has 1 N–H and O–H groups in total. The summed E-state index contributed by atoms with van der Waals surface area (Å²) in [5.41, 5.74) is 1.01. The van der Waals surface area contributed by atoms with Crippen LogP contribution in [-0.2, 0) is 17.8 Å². The van der Waals surface area contributed by atoms with Gasteiger partial charge in [0.25, 0.3) is 0 Å². The lowest BCUT2D eigenvalue weighted by Gasteiger charge is -2.32. The van der Waals surface area contributed by atoms with Crippen molar-refractivity contribution in [3.63, 3.8) is 0 Å². The Hall–Kier alpha value is -0.980. The topological polar surface area (TPSA) is 55.2 Å². The molecule has 0 bridgehead atoms. The summed E-state index contributed by atoms with van der Waals surface area (Å²) in [6, 6.07) is 0.471. The van der Waals surface area contributed by atoms with Gasteiger partial charge in [-0.15, -0.1) is 5.10 Å². The largest absolute Gasteiger partial charge is 0.377 e. The molecule has 1 aromatic rings. The quantitative estimate of drug-likeness (QED) is 0.783. The Morgan fingerprint density at radius 1 is 1.43 bits per heavy atom. The number of piperidine rings is 1. The van der Waals surface area contributed by atoms with Gasteiger partial charge < -0.3 is 10.1 Å². The summed E-state index contributed by atoms with van der Waals surface area (Å²) < 4.78 is 7.68. The van der Waals surface area contributed by atoms with Gasteiger partial charge >= 0.3 is 0 Å². The Morgan fingerprint density at radius 3 is 3.05 bits per heavy atom. The first-order valence-corrected chi connectivity index (χ1v) is 8.13. The third kappa shape index (κ3) is 5.73. The van der Waals surface area contributed by atoms with Crippen molar-refractivity contribution >= 4 is 0 Å². The molecule has 6 nitrogen and oxygen atoms in total. The Balaban J connectivity index is 1.72. The molecule has 1 aromatic heterocycles. The predicted octanol–water partition coefficient (Wildman–Crippen LogP) is 1.28. The van der Waals surface area contributed by atoms with Crippen LogP contribution in [0.1, 0.15) is 39.3 Å². The van der Waals surface area contributed by atoms with E-state index in [4.69, 9.17) is 4.74 Å². The van der Waals surface area contributed by atoms with Crippen molar-refractivity contribution in [2.45, 2.75) is 58.8 Å². The number of nitrogens with one attached hydrogen (secondary N) is 1. The number of hydrogen-bond donors (Lipinski definition) is 1. The van der Waals surface area contributed by atoms with Crippen LogP contribution in [0.4, 0.5) is 0 Å². The second kappa shape index (κ2) is 8.46. The Kier molecular flexibility index (Phi) is 6.60. The lowest BCUT2D eigenvalue weighted by atomic mass is 10.1. The summed E-state index contributed by atoms with van der Waals surface area (Å²) in [5.74, 6) is 0. The number of likely N-dealkylation sites (tertiary alicyclic amines) is 1. The molecule has 0 aliphatic carbocycles. The van der Waals surface area contributed by atoms with Crippen LogP contribution in [0.15, 0.2) is 6.20 Å². The van der Waals surface area contributed by atoms with Gasteiger partial charge in [0, 0.05) is 38.5 Å². The van der Waals surface area contributed by atoms with Crippen LogP contribution in [0, 0.1) is 0 Å². The molecule has 1 unspecified atom stereocenters. The van der Waals surface area contributed by atoms with Crippen LogP contribution in [-0.4, -0.2) is 58.3 Å². The number of aromatic nitrogens is 3. The summed E-state index contributed by atoms with van der Waals surface area (Å²) in [6.07, 6.45) is 4.87. The molecule has 1 aliphatic heterocycles. The predicted molar refractivity (Wildman–Crippen MR) is 83.1 cm³/mol. The average Bonchev–Trinajstić information content (AvgIpc) is 2.92. The van der Waals surface area contributed by atoms with Crippen molar-refractivity contribution in [1.82, 2.24) is 25.2 Å². The summed E-state index contributed by atoms with van der Waals surface area (Å²) in [5, 5.41) is 11.8. The average molecular weight is 295 g/mol. The van der Waals surface area contributed by atoms with Crippen LogP contribution in [0.5, 0.6) is 0 Å². The molecule has 1 aliphatic rings. The molecule has 6 heteroatoms. The van der Waals surface area contributed by atoms with Crippen LogP contribution in [0.3, 0.4) is 0 Å². The van der Waals surface area contributed by atoms with Gasteiger partial charge in [-0.2, -0.15) is 0 Å². The van der Waals surface area contributed by atoms with Gasteiger partial charge in [0.2, 0.25) is 0 Å². The SMILES string of the molecule is CCOC1CCCN(CCn2cc(CNC(C)C)nn2)C1. The molecule has 2 heterocycles. The highest BCUT2D eigenvalue weighted by molar-refractivity contribution is 4.91. The van der Waals surface area contributed by atoms with Crippen LogP contribution in [0.2, 0.25) is 0 Å². The minimum absolute atomic E-state index is 0.408. The van der Waals surface area contributed by atoms with Crippen LogP contribution >= 0.6 is 0 Å². The van der Waals surface area contributed by atoms with E-state index >= 15 is 0 Å². The highest BCUT2D eigenvalue weighted by Gasteiger charge is 2.19. The fourth-order valence-corrected chi connectivity index (χ4v) is 2.67. The van der Waals surface area contributed by atoms with Gasteiger partial charge in [-0.1, -0.05) is 19.1 Å². The van der Waals surface area contributed by atoms with Gasteiger partial charge in [0.05, 0.1) is 18.3 Å². The van der Waals surface area contributed by atoms with Crippen LogP contribution in [0.25, 0.3) is 0 Å². The van der Waals surface area contributed by atoms with Crippen LogP contribution < -0.4 is 5.32 Å². The van der Waals surface area contributed by atoms with E-state index in [1.807, 2.05) is 10.9 Å². The summed E-state index contributed by atoms with van der Waals surface area (Å²) in [7, 11) is 0. The van der Waals surface area contributed by atoms with E-state index in [9.17, 15) is 0 Å². The van der Waals surface area contributed by atoms with Crippen molar-refractivity contribution in [3.05, 3.63) is 11.9 Å². The minimum Gasteiger partial charge on any atom is -0.377 e. The second-order valence-electron chi connectivity index (χ2n) is 6.03. The Morgan fingerprint density at radius 2 is 2.29 bits per heavy atom. The maximum absolute atomic E-state index is 5.74. The van der Waals surface area contributed by atoms with E-state index in [0.29, 0.717) is 12.1 Å². The van der Waals surface area contributed by atoms with Crippen molar-refractivity contribution in [1.29, 1.82) is 0 Å². The highest BCUT2D eigenvalue weighted by Crippen LogP contribution is 2.13. The van der Waals surface area contributed by atoms with Gasteiger partial charge in [-0.25, -0.2) is 0 Å². The molecule has 1 saturated heterocycles. The second-order valence-corrected chi connectivity index (χ2v) is 6.03. The fourth-order valence-electron chi connectivity index (χ4n) is 2.67. The molecular formula is C15H29N5O. The molecule has 1 fully saturated rings. The third-order valence-corrected chi connectivity index (χ3v) is 3.79. The van der Waals surface area contributed by atoms with Crippen molar-refractivity contribution in [3.8, 4) is 0 Å². The Bertz CT molecular complexity index is 405. The maximum atomic E-state index is 5.74. The Labute approximate surface area is 127 Å². The van der Waals surface area contributed by atoms with E-state index in [1.54, 1.807) is 0 Å². The van der Waals surface area contributed by atoms with Gasteiger partial charge in [-0.3, -0.25) is 9.58 Å². The summed E-state index contributed by atoms with van der Waals surface area (Å²) in [6.45, 7) is 12.1. The third-order valence-electron chi connectivity index (χ3n) is 3.79. The highest BCUT2D eigenvalue weighted by atomic mass is 16.5. The number of hydrogen-bond acceptors (Lipinski definition) is 5. The van der Waals surface area contributed by atoms with Gasteiger partial charge in [-0.05, 0) is 26.3 Å². The summed E-state index contributed by atoms with van der Waals surface area (Å²) in [4.78, 5) is 2.47. The van der Waals surface area contributed by atoms with Gasteiger partial charge in [0.15, 0.2) is 0 Å². The maximum Gasteiger partial charge on any atom is 0.0964 e. The monoisotopic (exact) mass is 295 g/mol. The molecule has 0 amide bonds. The zero-order valence-electron chi connectivity index (χ0n) is 13.6. The molecule has 2 rings (SSSR count). The fraction of sp³-hybridized carbons (Fsp3) is 0.867. The smallest absolute Gasteiger partial charge is 0.0964 e. The van der Waals surface area contributed by atoms with E-state index in [2.05, 4.69) is 41.3 Å². The van der Waals surface area contributed by atoms with Gasteiger partial charge in [0.1, 0.15) is 0 Å². The lowest BCUT2D eigenvalue weighted by molar-refractivity contribution is 0.00489. The van der Waals surface area contributed by atoms with E-state index < -0.39 is 0 Å². The van der Waals surface area contributed by atoms with Crippen molar-refractivity contribution < 1.29 is 4.74 Å². The van der Waals surface area contributed by atoms with Crippen molar-refractivity contribution in [2.75, 3.05) is 26.2 Å². The molecule has 0 saturated carbocycles. The molecule has 21 heavy (non-hydrogen) atoms. The first kappa shape index (κ1) is 16.4. The molecular weight excluding hydrogens is 266 g/mol.